The van der Waals surface area contributed by atoms with Crippen LogP contribution in [0.15, 0.2) is 48.5 Å². The van der Waals surface area contributed by atoms with Crippen LogP contribution in [0, 0.1) is 0 Å². The van der Waals surface area contributed by atoms with Crippen LogP contribution in [0.1, 0.15) is 37.6 Å². The minimum Gasteiger partial charge on any atom is -0.494 e. The van der Waals surface area contributed by atoms with E-state index in [9.17, 15) is 0 Å². The lowest BCUT2D eigenvalue weighted by molar-refractivity contribution is 0.102. The lowest BCUT2D eigenvalue weighted by Gasteiger charge is -2.13. The van der Waals surface area contributed by atoms with Crippen molar-refractivity contribution in [2.75, 3.05) is 13.2 Å². The van der Waals surface area contributed by atoms with Gasteiger partial charge in [-0.3, -0.25) is 0 Å². The molecule has 0 N–H and O–H groups in total. The van der Waals surface area contributed by atoms with Crippen molar-refractivity contribution in [3.05, 3.63) is 59.4 Å². The van der Waals surface area contributed by atoms with E-state index in [0.29, 0.717) is 6.61 Å². The molecule has 1 fully saturated rings. The van der Waals surface area contributed by atoms with Crippen molar-refractivity contribution in [1.29, 1.82) is 0 Å². The van der Waals surface area contributed by atoms with E-state index in [0.717, 1.165) is 60.9 Å². The number of unbranched alkanes of at least 4 members (excludes halogenated alkanes) is 1. The summed E-state index contributed by atoms with van der Waals surface area (Å²) >= 11 is 5.89. The Balaban J connectivity index is 1.38. The zero-order chi connectivity index (χ0) is 17.8. The maximum atomic E-state index is 5.89. The first-order valence-corrected chi connectivity index (χ1v) is 9.64. The van der Waals surface area contributed by atoms with Crippen LogP contribution >= 0.6 is 11.6 Å². The van der Waals surface area contributed by atoms with Crippen LogP contribution in [0.3, 0.4) is 0 Å². The average molecular weight is 371 g/mol. The molecule has 0 aliphatic carbocycles. The minimum atomic E-state index is 0.132. The number of halogens is 1. The van der Waals surface area contributed by atoms with Crippen LogP contribution in [0.2, 0.25) is 5.02 Å². The summed E-state index contributed by atoms with van der Waals surface area (Å²) in [7, 11) is 0. The molecule has 5 heteroatoms. The van der Waals surface area contributed by atoms with E-state index < -0.39 is 0 Å². The van der Waals surface area contributed by atoms with Gasteiger partial charge in [-0.1, -0.05) is 23.7 Å². The predicted octanol–water partition coefficient (Wildman–Crippen LogP) is 5.40. The highest BCUT2D eigenvalue weighted by Crippen LogP contribution is 2.30. The van der Waals surface area contributed by atoms with Crippen LogP contribution in [0.4, 0.5) is 0 Å². The van der Waals surface area contributed by atoms with Crippen molar-refractivity contribution in [2.24, 2.45) is 0 Å². The molecule has 0 saturated carbocycles. The second kappa shape index (κ2) is 8.11. The summed E-state index contributed by atoms with van der Waals surface area (Å²) in [6.45, 7) is 2.46. The van der Waals surface area contributed by atoms with E-state index in [1.807, 2.05) is 30.3 Å². The summed E-state index contributed by atoms with van der Waals surface area (Å²) in [6.07, 6.45) is 4.33. The fourth-order valence-corrected chi connectivity index (χ4v) is 3.58. The molecule has 2 heterocycles. The zero-order valence-electron chi connectivity index (χ0n) is 14.7. The summed E-state index contributed by atoms with van der Waals surface area (Å²) < 4.78 is 14.0. The number of rotatable bonds is 7. The standard InChI is InChI=1S/C21H23ClN2O2/c22-16-9-11-17(12-10-16)25-14-4-3-13-24-19-7-2-1-6-18(19)23-21(24)20-8-5-15-26-20/h1-2,6-7,9-12,20H,3-5,8,13-15H2. The van der Waals surface area contributed by atoms with Gasteiger partial charge in [0.1, 0.15) is 17.7 Å². The molecule has 0 amide bonds. The molecule has 1 aliphatic rings. The summed E-state index contributed by atoms with van der Waals surface area (Å²) in [5, 5.41) is 0.728. The van der Waals surface area contributed by atoms with Gasteiger partial charge in [-0.15, -0.1) is 0 Å². The third-order valence-electron chi connectivity index (χ3n) is 4.76. The van der Waals surface area contributed by atoms with Gasteiger partial charge in [-0.25, -0.2) is 4.98 Å². The normalized spacial score (nSPS) is 17.0. The van der Waals surface area contributed by atoms with E-state index in [1.54, 1.807) is 0 Å². The second-order valence-corrected chi connectivity index (χ2v) is 7.06. The Morgan fingerprint density at radius 3 is 2.77 bits per heavy atom. The van der Waals surface area contributed by atoms with Crippen LogP contribution in [-0.2, 0) is 11.3 Å². The SMILES string of the molecule is Clc1ccc(OCCCCn2c(C3CCCO3)nc3ccccc32)cc1. The number of hydrogen-bond donors (Lipinski definition) is 0. The molecule has 4 rings (SSSR count). The fraction of sp³-hybridized carbons (Fsp3) is 0.381. The number of aryl methyl sites for hydroxylation is 1. The quantitative estimate of drug-likeness (QED) is 0.522. The Hall–Kier alpha value is -2.04. The highest BCUT2D eigenvalue weighted by atomic mass is 35.5. The molecule has 1 atom stereocenters. The van der Waals surface area contributed by atoms with Crippen molar-refractivity contribution in [1.82, 2.24) is 9.55 Å². The summed E-state index contributed by atoms with van der Waals surface area (Å²) in [6, 6.07) is 15.8. The van der Waals surface area contributed by atoms with Gasteiger partial charge < -0.3 is 14.0 Å². The van der Waals surface area contributed by atoms with Crippen molar-refractivity contribution in [2.45, 2.75) is 38.3 Å². The summed E-state index contributed by atoms with van der Waals surface area (Å²) in [5.41, 5.74) is 2.24. The molecule has 1 unspecified atom stereocenters. The van der Waals surface area contributed by atoms with E-state index in [1.165, 1.54) is 5.52 Å². The summed E-state index contributed by atoms with van der Waals surface area (Å²) in [5.74, 6) is 1.94. The maximum absolute atomic E-state index is 5.89. The van der Waals surface area contributed by atoms with Gasteiger partial charge in [0.25, 0.3) is 0 Å². The Bertz CT molecular complexity index is 854. The molecule has 136 valence electrons. The Kier molecular flexibility index (Phi) is 5.42. The number of hydrogen-bond acceptors (Lipinski definition) is 3. The molecule has 4 nitrogen and oxygen atoms in total. The topological polar surface area (TPSA) is 36.3 Å². The van der Waals surface area contributed by atoms with Crippen molar-refractivity contribution in [3.63, 3.8) is 0 Å². The minimum absolute atomic E-state index is 0.132. The van der Waals surface area contributed by atoms with Crippen molar-refractivity contribution >= 4 is 22.6 Å². The van der Waals surface area contributed by atoms with E-state index in [-0.39, 0.29) is 6.10 Å². The zero-order valence-corrected chi connectivity index (χ0v) is 15.5. The molecule has 2 aromatic carbocycles. The molecular weight excluding hydrogens is 348 g/mol. The average Bonchev–Trinajstić information content (AvgIpc) is 3.31. The van der Waals surface area contributed by atoms with Crippen molar-refractivity contribution < 1.29 is 9.47 Å². The first-order valence-electron chi connectivity index (χ1n) is 9.26. The molecule has 1 aliphatic heterocycles. The largest absolute Gasteiger partial charge is 0.494 e. The van der Waals surface area contributed by atoms with Crippen LogP contribution in [0.5, 0.6) is 5.75 Å². The lowest BCUT2D eigenvalue weighted by atomic mass is 10.2. The van der Waals surface area contributed by atoms with Gasteiger partial charge in [-0.2, -0.15) is 0 Å². The number of ether oxygens (including phenoxy) is 2. The first kappa shape index (κ1) is 17.4. The molecule has 0 spiro atoms. The van der Waals surface area contributed by atoms with E-state index in [2.05, 4.69) is 22.8 Å². The Morgan fingerprint density at radius 1 is 1.12 bits per heavy atom. The number of aromatic nitrogens is 2. The molecule has 0 bridgehead atoms. The smallest absolute Gasteiger partial charge is 0.139 e. The van der Waals surface area contributed by atoms with Crippen molar-refractivity contribution in [3.8, 4) is 5.75 Å². The third-order valence-corrected chi connectivity index (χ3v) is 5.01. The highest BCUT2D eigenvalue weighted by Gasteiger charge is 2.24. The Labute approximate surface area is 158 Å². The number of fused-ring (bicyclic) bond motifs is 1. The van der Waals surface area contributed by atoms with Crippen LogP contribution in [0.25, 0.3) is 11.0 Å². The van der Waals surface area contributed by atoms with E-state index >= 15 is 0 Å². The number of nitrogens with zero attached hydrogens (tertiary/aromatic N) is 2. The number of benzene rings is 2. The highest BCUT2D eigenvalue weighted by molar-refractivity contribution is 6.30. The van der Waals surface area contributed by atoms with Crippen LogP contribution in [-0.4, -0.2) is 22.8 Å². The third kappa shape index (κ3) is 3.87. The van der Waals surface area contributed by atoms with Crippen LogP contribution < -0.4 is 4.74 Å². The Morgan fingerprint density at radius 2 is 1.96 bits per heavy atom. The lowest BCUT2D eigenvalue weighted by Crippen LogP contribution is -2.09. The van der Waals surface area contributed by atoms with Gasteiger partial charge in [0.05, 0.1) is 17.6 Å². The predicted molar refractivity (Wildman–Crippen MR) is 104 cm³/mol. The summed E-state index contributed by atoms with van der Waals surface area (Å²) in [4.78, 5) is 4.84. The van der Waals surface area contributed by atoms with Gasteiger partial charge >= 0.3 is 0 Å². The molecule has 0 radical (unpaired) electrons. The number of imidazole rings is 1. The first-order chi connectivity index (χ1) is 12.8. The molecule has 26 heavy (non-hydrogen) atoms. The van der Waals surface area contributed by atoms with Gasteiger partial charge in [0.2, 0.25) is 0 Å². The second-order valence-electron chi connectivity index (χ2n) is 6.62. The molecule has 1 aromatic heterocycles. The fourth-order valence-electron chi connectivity index (χ4n) is 3.45. The maximum Gasteiger partial charge on any atom is 0.139 e. The monoisotopic (exact) mass is 370 g/mol. The molecule has 3 aromatic rings. The van der Waals surface area contributed by atoms with Gasteiger partial charge in [-0.05, 0) is 62.1 Å². The number of para-hydroxylation sites is 2. The molecule has 1 saturated heterocycles. The van der Waals surface area contributed by atoms with E-state index in [4.69, 9.17) is 26.1 Å². The van der Waals surface area contributed by atoms with Gasteiger partial charge in [0.15, 0.2) is 0 Å². The van der Waals surface area contributed by atoms with Gasteiger partial charge in [0, 0.05) is 18.2 Å². The molecular formula is C21H23ClN2O2.